The Balaban J connectivity index is 1.20. The molecule has 0 unspecified atom stereocenters. The molecule has 0 bridgehead atoms. The molecule has 3 aromatic rings. The Kier molecular flexibility index (Phi) is 6.15. The molecular formula is C29H31N3O3S. The number of nitrogens with zero attached hydrogens (tertiary/aromatic N) is 2. The van der Waals surface area contributed by atoms with Crippen LogP contribution in [0.4, 0.5) is 16.2 Å². The first-order valence-electron chi connectivity index (χ1n) is 12.7. The number of phenolic OH excluding ortho intramolecular Hbond substituents is 1. The van der Waals surface area contributed by atoms with E-state index in [1.54, 1.807) is 11.8 Å². The number of fused-ring (bicyclic) bond motifs is 3. The van der Waals surface area contributed by atoms with E-state index < -0.39 is 0 Å². The number of rotatable bonds is 2. The lowest BCUT2D eigenvalue weighted by Crippen LogP contribution is -2.48. The number of carbonyl (C=O) groups is 1. The Morgan fingerprint density at radius 1 is 1.03 bits per heavy atom. The van der Waals surface area contributed by atoms with Crippen LogP contribution < -0.4 is 10.6 Å². The molecule has 0 spiro atoms. The van der Waals surface area contributed by atoms with Gasteiger partial charge in [0.25, 0.3) is 0 Å². The van der Waals surface area contributed by atoms with E-state index in [9.17, 15) is 9.90 Å². The van der Waals surface area contributed by atoms with Crippen molar-refractivity contribution in [2.75, 3.05) is 24.5 Å². The number of hydrogen-bond acceptors (Lipinski definition) is 5. The van der Waals surface area contributed by atoms with Crippen LogP contribution in [0.25, 0.3) is 0 Å². The minimum atomic E-state index is -0.205. The number of benzene rings is 3. The molecule has 2 atom stereocenters. The maximum Gasteiger partial charge on any atom is 0.329 e. The Hall–Kier alpha value is -3.00. The van der Waals surface area contributed by atoms with Crippen LogP contribution in [0.5, 0.6) is 5.75 Å². The molecule has 1 fully saturated rings. The van der Waals surface area contributed by atoms with Gasteiger partial charge in [-0.25, -0.2) is 4.79 Å². The summed E-state index contributed by atoms with van der Waals surface area (Å²) in [6, 6.07) is 20.2. The summed E-state index contributed by atoms with van der Waals surface area (Å²) in [5.41, 5.74) is 10.8. The lowest BCUT2D eigenvalue weighted by Gasteiger charge is -2.42. The first kappa shape index (κ1) is 23.4. The van der Waals surface area contributed by atoms with Crippen molar-refractivity contribution in [1.29, 1.82) is 0 Å². The largest absolute Gasteiger partial charge is 0.507 e. The molecule has 0 radical (unpaired) electrons. The van der Waals surface area contributed by atoms with Crippen molar-refractivity contribution in [3.8, 4) is 5.75 Å². The number of hydrogen-bond donors (Lipinski definition) is 2. The van der Waals surface area contributed by atoms with Crippen LogP contribution in [0.1, 0.15) is 35.6 Å². The van der Waals surface area contributed by atoms with Crippen LogP contribution in [-0.4, -0.2) is 41.8 Å². The third-order valence-corrected chi connectivity index (χ3v) is 8.92. The molecular weight excluding hydrogens is 470 g/mol. The number of nitrogens with two attached hydrogens (primary N) is 1. The molecule has 3 aromatic carbocycles. The molecule has 3 aliphatic heterocycles. The smallest absolute Gasteiger partial charge is 0.329 e. The normalized spacial score (nSPS) is 21.5. The summed E-state index contributed by atoms with van der Waals surface area (Å²) in [6.07, 6.45) is 2.19. The second-order valence-electron chi connectivity index (χ2n) is 9.88. The third kappa shape index (κ3) is 3.95. The molecule has 6 rings (SSSR count). The van der Waals surface area contributed by atoms with Crippen molar-refractivity contribution in [3.05, 3.63) is 77.4 Å². The van der Waals surface area contributed by atoms with Crippen molar-refractivity contribution >= 4 is 29.2 Å². The third-order valence-electron chi connectivity index (χ3n) is 7.79. The van der Waals surface area contributed by atoms with Crippen molar-refractivity contribution in [2.24, 2.45) is 11.7 Å². The number of urea groups is 1. The molecule has 1 saturated heterocycles. The van der Waals surface area contributed by atoms with Gasteiger partial charge in [0.2, 0.25) is 0 Å². The van der Waals surface area contributed by atoms with Crippen LogP contribution in [0.3, 0.4) is 0 Å². The fourth-order valence-electron chi connectivity index (χ4n) is 5.79. The first-order chi connectivity index (χ1) is 17.5. The van der Waals surface area contributed by atoms with E-state index in [1.165, 1.54) is 0 Å². The van der Waals surface area contributed by atoms with Gasteiger partial charge in [-0.3, -0.25) is 4.90 Å². The van der Waals surface area contributed by atoms with Gasteiger partial charge in [-0.15, -0.1) is 0 Å². The second-order valence-corrected chi connectivity index (χ2v) is 11.0. The molecule has 2 amide bonds. The minimum absolute atomic E-state index is 0.0103. The number of amides is 2. The Bertz CT molecular complexity index is 1260. The highest BCUT2D eigenvalue weighted by Gasteiger charge is 2.38. The van der Waals surface area contributed by atoms with Crippen LogP contribution in [0.2, 0.25) is 0 Å². The molecule has 3 aliphatic rings. The van der Waals surface area contributed by atoms with Gasteiger partial charge in [0, 0.05) is 41.4 Å². The number of likely N-dealkylation sites (tertiary alicyclic amines) is 1. The van der Waals surface area contributed by atoms with Gasteiger partial charge in [-0.05, 0) is 61.1 Å². The monoisotopic (exact) mass is 501 g/mol. The summed E-state index contributed by atoms with van der Waals surface area (Å²) < 4.78 is 6.45. The highest BCUT2D eigenvalue weighted by atomic mass is 32.2. The number of piperidine rings is 1. The van der Waals surface area contributed by atoms with Gasteiger partial charge < -0.3 is 20.5 Å². The van der Waals surface area contributed by atoms with Crippen molar-refractivity contribution in [3.63, 3.8) is 0 Å². The average Bonchev–Trinajstić information content (AvgIpc) is 2.93. The van der Waals surface area contributed by atoms with Crippen LogP contribution in [0, 0.1) is 12.8 Å². The number of para-hydroxylation sites is 2. The second kappa shape index (κ2) is 9.47. The van der Waals surface area contributed by atoms with Gasteiger partial charge in [0.15, 0.2) is 0 Å². The Morgan fingerprint density at radius 3 is 2.31 bits per heavy atom. The lowest BCUT2D eigenvalue weighted by molar-refractivity contribution is -0.0624. The summed E-state index contributed by atoms with van der Waals surface area (Å²) in [5.74, 6) is 0.680. The van der Waals surface area contributed by atoms with Crippen LogP contribution in [0.15, 0.2) is 70.5 Å². The number of carbonyl (C=O) groups excluding carboxylic acids is 1. The zero-order chi connectivity index (χ0) is 24.8. The molecule has 0 saturated carbocycles. The maximum atomic E-state index is 13.9. The van der Waals surface area contributed by atoms with Gasteiger partial charge in [0.1, 0.15) is 5.75 Å². The molecule has 6 nitrogen and oxygen atoms in total. The topological polar surface area (TPSA) is 79.0 Å². The number of phenols is 1. The van der Waals surface area contributed by atoms with E-state index in [1.807, 2.05) is 65.3 Å². The highest BCUT2D eigenvalue weighted by molar-refractivity contribution is 7.99. The molecule has 7 heteroatoms. The Labute approximate surface area is 216 Å². The van der Waals surface area contributed by atoms with E-state index in [0.717, 1.165) is 50.7 Å². The van der Waals surface area contributed by atoms with Crippen molar-refractivity contribution < 1.29 is 14.6 Å². The SMILES string of the molecule is Cc1ccc2c(c1O)C[C@@H](C1CCN(C(=O)N3c4ccccc4Sc4ccccc43)CC1)O[C@H]2CN. The molecule has 186 valence electrons. The minimum Gasteiger partial charge on any atom is -0.507 e. The number of aromatic hydroxyl groups is 1. The molecule has 3 N–H and O–H groups in total. The number of ether oxygens (including phenoxy) is 1. The molecule has 0 aliphatic carbocycles. The van der Waals surface area contributed by atoms with E-state index in [4.69, 9.17) is 10.5 Å². The predicted molar refractivity (Wildman–Crippen MR) is 142 cm³/mol. The fourth-order valence-corrected chi connectivity index (χ4v) is 6.85. The summed E-state index contributed by atoms with van der Waals surface area (Å²) in [5, 5.41) is 10.7. The summed E-state index contributed by atoms with van der Waals surface area (Å²) in [7, 11) is 0. The lowest BCUT2D eigenvalue weighted by atomic mass is 9.83. The predicted octanol–water partition coefficient (Wildman–Crippen LogP) is 5.78. The average molecular weight is 502 g/mol. The zero-order valence-corrected chi connectivity index (χ0v) is 21.2. The van der Waals surface area contributed by atoms with E-state index >= 15 is 0 Å². The first-order valence-corrected chi connectivity index (χ1v) is 13.5. The Morgan fingerprint density at radius 2 is 1.67 bits per heavy atom. The molecule has 3 heterocycles. The van der Waals surface area contributed by atoms with E-state index in [0.29, 0.717) is 37.7 Å². The van der Waals surface area contributed by atoms with Crippen LogP contribution in [-0.2, 0) is 11.2 Å². The number of aryl methyl sites for hydroxylation is 1. The van der Waals surface area contributed by atoms with Crippen LogP contribution >= 0.6 is 11.8 Å². The molecule has 0 aromatic heterocycles. The summed E-state index contributed by atoms with van der Waals surface area (Å²) in [4.78, 5) is 19.9. The molecule has 36 heavy (non-hydrogen) atoms. The summed E-state index contributed by atoms with van der Waals surface area (Å²) >= 11 is 1.71. The fraction of sp³-hybridized carbons (Fsp3) is 0.345. The quantitative estimate of drug-likeness (QED) is 0.466. The number of anilines is 2. The zero-order valence-electron chi connectivity index (χ0n) is 20.4. The van der Waals surface area contributed by atoms with E-state index in [2.05, 4.69) is 12.1 Å². The van der Waals surface area contributed by atoms with Gasteiger partial charge in [0.05, 0.1) is 23.6 Å². The summed E-state index contributed by atoms with van der Waals surface area (Å²) in [6.45, 7) is 3.67. The van der Waals surface area contributed by atoms with Crippen molar-refractivity contribution in [2.45, 2.75) is 48.2 Å². The van der Waals surface area contributed by atoms with Crippen molar-refractivity contribution in [1.82, 2.24) is 4.90 Å². The van der Waals surface area contributed by atoms with Gasteiger partial charge in [-0.2, -0.15) is 0 Å². The van der Waals surface area contributed by atoms with Gasteiger partial charge in [-0.1, -0.05) is 48.2 Å². The van der Waals surface area contributed by atoms with Gasteiger partial charge >= 0.3 is 6.03 Å². The highest BCUT2D eigenvalue weighted by Crippen LogP contribution is 2.48. The maximum absolute atomic E-state index is 13.9. The van der Waals surface area contributed by atoms with E-state index in [-0.39, 0.29) is 18.2 Å². The standard InChI is InChI=1S/C29H31N3O3S/c1-18-10-11-20-21(28(18)33)16-24(35-25(20)17-30)19-12-14-31(15-13-19)29(34)32-22-6-2-4-8-26(22)36-27-9-5-3-7-23(27)32/h2-11,19,24-25,33H,12-17,30H2,1H3/t24-,25-/m0/s1.